The Labute approximate surface area is 178 Å². The highest BCUT2D eigenvalue weighted by atomic mass is 19.3. The van der Waals surface area contributed by atoms with Gasteiger partial charge in [-0.05, 0) is 53.6 Å². The van der Waals surface area contributed by atoms with Crippen molar-refractivity contribution in [2.75, 3.05) is 31.2 Å². The van der Waals surface area contributed by atoms with Gasteiger partial charge in [0.15, 0.2) is 0 Å². The first-order chi connectivity index (χ1) is 14.2. The minimum Gasteiger partial charge on any atom is -0.381 e. The van der Waals surface area contributed by atoms with Crippen LogP contribution in [-0.2, 0) is 4.74 Å². The molecule has 0 unspecified atom stereocenters. The number of ether oxygens (including phenoxy) is 1. The molecule has 0 bridgehead atoms. The van der Waals surface area contributed by atoms with Crippen molar-refractivity contribution in [3.63, 3.8) is 0 Å². The Hall–Kier alpha value is -2.08. The maximum atomic E-state index is 13.1. The van der Waals surface area contributed by atoms with Crippen molar-refractivity contribution in [2.45, 2.75) is 64.2 Å². The Morgan fingerprint density at radius 1 is 1.03 bits per heavy atom. The minimum atomic E-state index is -2.56. The minimum absolute atomic E-state index is 0.0689. The third-order valence-electron chi connectivity index (χ3n) is 5.75. The van der Waals surface area contributed by atoms with Crippen molar-refractivity contribution in [2.24, 2.45) is 0 Å². The van der Waals surface area contributed by atoms with E-state index in [9.17, 15) is 8.78 Å². The lowest BCUT2D eigenvalue weighted by Gasteiger charge is -2.18. The average Bonchev–Trinajstić information content (AvgIpc) is 3.38. The summed E-state index contributed by atoms with van der Waals surface area (Å²) < 4.78 is 31.5. The number of hydrogen-bond acceptors (Lipinski definition) is 4. The Kier molecular flexibility index (Phi) is 7.40. The summed E-state index contributed by atoms with van der Waals surface area (Å²) >= 11 is 0. The van der Waals surface area contributed by atoms with Gasteiger partial charge in [-0.1, -0.05) is 27.7 Å². The van der Waals surface area contributed by atoms with Gasteiger partial charge in [0.1, 0.15) is 5.82 Å². The fraction of sp³-hybridized carbons (Fsp3) is 0.583. The molecule has 2 fully saturated rings. The maximum absolute atomic E-state index is 13.1. The smallest absolute Gasteiger partial charge is 0.266 e. The number of alkyl halides is 2. The van der Waals surface area contributed by atoms with Crippen molar-refractivity contribution in [1.82, 2.24) is 9.97 Å². The van der Waals surface area contributed by atoms with Gasteiger partial charge in [0.25, 0.3) is 5.92 Å². The lowest BCUT2D eigenvalue weighted by Crippen LogP contribution is -2.25. The molecule has 164 valence electrons. The molecular weight excluding hydrogens is 384 g/mol. The molecular formula is C24H33F2N3O. The standard InChI is InChI=1S/C12H16F2N2.C12H17NO/c1-9(2)10-3-5-15-11(7-10)16-6-4-12(13,14)8-16;1-9(2)10-3-5-13-12(7-10)11-4-6-14-8-11/h3,5,7,9H,4,6,8H2,1-2H3;3,5,7,9,11H,4,6,8H2,1-2H3/t;11-/m.1/s1. The monoisotopic (exact) mass is 417 g/mol. The number of rotatable bonds is 4. The second-order valence-corrected chi connectivity index (χ2v) is 8.86. The molecule has 0 N–H and O–H groups in total. The summed E-state index contributed by atoms with van der Waals surface area (Å²) in [4.78, 5) is 10.2. The van der Waals surface area contributed by atoms with Gasteiger partial charge in [-0.2, -0.15) is 0 Å². The highest BCUT2D eigenvalue weighted by molar-refractivity contribution is 5.43. The number of anilines is 1. The Bertz CT molecular complexity index is 820. The van der Waals surface area contributed by atoms with Crippen LogP contribution in [0.4, 0.5) is 14.6 Å². The van der Waals surface area contributed by atoms with Crippen LogP contribution in [0.2, 0.25) is 0 Å². The van der Waals surface area contributed by atoms with E-state index < -0.39 is 5.92 Å². The predicted molar refractivity (Wildman–Crippen MR) is 117 cm³/mol. The number of nitrogens with zero attached hydrogens (tertiary/aromatic N) is 3. The highest BCUT2D eigenvalue weighted by Gasteiger charge is 2.38. The van der Waals surface area contributed by atoms with Crippen molar-refractivity contribution in [1.29, 1.82) is 0 Å². The molecule has 0 saturated carbocycles. The number of halogens is 2. The Morgan fingerprint density at radius 2 is 1.70 bits per heavy atom. The molecule has 30 heavy (non-hydrogen) atoms. The summed E-state index contributed by atoms with van der Waals surface area (Å²) in [6.45, 7) is 10.5. The van der Waals surface area contributed by atoms with Gasteiger partial charge in [0, 0.05) is 43.6 Å². The number of hydrogen-bond donors (Lipinski definition) is 0. The zero-order valence-electron chi connectivity index (χ0n) is 18.4. The summed E-state index contributed by atoms with van der Waals surface area (Å²) in [5, 5.41) is 0. The van der Waals surface area contributed by atoms with Gasteiger partial charge in [0.05, 0.1) is 13.2 Å². The van der Waals surface area contributed by atoms with E-state index >= 15 is 0 Å². The van der Waals surface area contributed by atoms with Crippen LogP contribution < -0.4 is 4.90 Å². The first-order valence-corrected chi connectivity index (χ1v) is 10.9. The van der Waals surface area contributed by atoms with Gasteiger partial charge in [-0.15, -0.1) is 0 Å². The number of pyridine rings is 2. The fourth-order valence-electron chi connectivity index (χ4n) is 3.71. The van der Waals surface area contributed by atoms with Crippen molar-refractivity contribution >= 4 is 5.82 Å². The van der Waals surface area contributed by atoms with Gasteiger partial charge >= 0.3 is 0 Å². The van der Waals surface area contributed by atoms with Gasteiger partial charge in [-0.25, -0.2) is 13.8 Å². The lowest BCUT2D eigenvalue weighted by atomic mass is 9.98. The molecule has 4 heterocycles. The zero-order chi connectivity index (χ0) is 21.7. The average molecular weight is 418 g/mol. The maximum Gasteiger partial charge on any atom is 0.266 e. The quantitative estimate of drug-likeness (QED) is 0.634. The molecule has 2 aromatic rings. The second-order valence-electron chi connectivity index (χ2n) is 8.86. The van der Waals surface area contributed by atoms with Crippen LogP contribution in [0.3, 0.4) is 0 Å². The van der Waals surface area contributed by atoms with E-state index in [1.165, 1.54) is 11.3 Å². The summed E-state index contributed by atoms with van der Waals surface area (Å²) in [6.07, 6.45) is 4.67. The van der Waals surface area contributed by atoms with Crippen molar-refractivity contribution in [3.8, 4) is 0 Å². The number of aromatic nitrogens is 2. The highest BCUT2D eigenvalue weighted by Crippen LogP contribution is 2.30. The molecule has 2 aromatic heterocycles. The second kappa shape index (κ2) is 9.82. The van der Waals surface area contributed by atoms with E-state index in [0.717, 1.165) is 25.2 Å². The van der Waals surface area contributed by atoms with Crippen molar-refractivity contribution in [3.05, 3.63) is 53.5 Å². The molecule has 4 rings (SSSR count). The van der Waals surface area contributed by atoms with E-state index in [4.69, 9.17) is 4.74 Å². The SMILES string of the molecule is CC(C)c1ccnc(N2CCC(F)(F)C2)c1.CC(C)c1ccnc([C@@H]2CCOC2)c1. The summed E-state index contributed by atoms with van der Waals surface area (Å²) in [7, 11) is 0. The van der Waals surface area contributed by atoms with Crippen LogP contribution in [0.5, 0.6) is 0 Å². The third kappa shape index (κ3) is 5.97. The first-order valence-electron chi connectivity index (χ1n) is 10.9. The molecule has 4 nitrogen and oxygen atoms in total. The van der Waals surface area contributed by atoms with Crippen LogP contribution in [0, 0.1) is 0 Å². The van der Waals surface area contributed by atoms with Crippen LogP contribution in [0.25, 0.3) is 0 Å². The van der Waals surface area contributed by atoms with E-state index in [0.29, 0.717) is 30.1 Å². The van der Waals surface area contributed by atoms with Crippen LogP contribution in [-0.4, -0.2) is 42.2 Å². The van der Waals surface area contributed by atoms with E-state index in [1.54, 1.807) is 11.1 Å². The molecule has 1 atom stereocenters. The first kappa shape index (κ1) is 22.6. The fourth-order valence-corrected chi connectivity index (χ4v) is 3.71. The summed E-state index contributed by atoms with van der Waals surface area (Å²) in [5.41, 5.74) is 3.72. The van der Waals surface area contributed by atoms with Crippen LogP contribution >= 0.6 is 0 Å². The topological polar surface area (TPSA) is 38.2 Å². The van der Waals surface area contributed by atoms with Crippen LogP contribution in [0.1, 0.15) is 75.1 Å². The summed E-state index contributed by atoms with van der Waals surface area (Å²) in [6, 6.07) is 8.17. The molecule has 0 spiro atoms. The predicted octanol–water partition coefficient (Wildman–Crippen LogP) is 5.76. The molecule has 2 saturated heterocycles. The van der Waals surface area contributed by atoms with Gasteiger partial charge in [0.2, 0.25) is 0 Å². The van der Waals surface area contributed by atoms with E-state index in [-0.39, 0.29) is 13.0 Å². The zero-order valence-corrected chi connectivity index (χ0v) is 18.4. The van der Waals surface area contributed by atoms with E-state index in [1.807, 2.05) is 18.3 Å². The van der Waals surface area contributed by atoms with Crippen LogP contribution in [0.15, 0.2) is 36.7 Å². The molecule has 6 heteroatoms. The van der Waals surface area contributed by atoms with Gasteiger partial charge < -0.3 is 9.64 Å². The molecule has 2 aliphatic rings. The largest absolute Gasteiger partial charge is 0.381 e. The molecule has 0 aliphatic carbocycles. The Balaban J connectivity index is 0.000000172. The molecule has 0 amide bonds. The van der Waals surface area contributed by atoms with E-state index in [2.05, 4.69) is 49.8 Å². The lowest BCUT2D eigenvalue weighted by molar-refractivity contribution is 0.0256. The summed E-state index contributed by atoms with van der Waals surface area (Å²) in [5.74, 6) is -0.392. The molecule has 2 aliphatic heterocycles. The van der Waals surface area contributed by atoms with Gasteiger partial charge in [-0.3, -0.25) is 4.98 Å². The Morgan fingerprint density at radius 3 is 2.27 bits per heavy atom. The van der Waals surface area contributed by atoms with Crippen molar-refractivity contribution < 1.29 is 13.5 Å². The molecule has 0 aromatic carbocycles. The normalized spacial score (nSPS) is 20.5. The molecule has 0 radical (unpaired) electrons. The third-order valence-corrected chi connectivity index (χ3v) is 5.75.